The number of sulfone groups is 1. The van der Waals surface area contributed by atoms with Crippen LogP contribution in [0.2, 0.25) is 0 Å². The number of anilines is 2. The van der Waals surface area contributed by atoms with Crippen molar-refractivity contribution in [1.82, 2.24) is 0 Å². The van der Waals surface area contributed by atoms with Crippen LogP contribution in [-0.2, 0) is 19.3 Å². The van der Waals surface area contributed by atoms with Crippen LogP contribution in [0.3, 0.4) is 0 Å². The van der Waals surface area contributed by atoms with E-state index in [1.165, 1.54) is 18.2 Å². The van der Waals surface area contributed by atoms with E-state index in [0.29, 0.717) is 5.92 Å². The highest BCUT2D eigenvalue weighted by Gasteiger charge is 2.27. The number of halogens is 1. The quantitative estimate of drug-likeness (QED) is 0.584. The van der Waals surface area contributed by atoms with Gasteiger partial charge in [0.25, 0.3) is 0 Å². The highest BCUT2D eigenvalue weighted by molar-refractivity contribution is 7.91. The molecule has 0 atom stereocenters. The zero-order valence-electron chi connectivity index (χ0n) is 16.0. The summed E-state index contributed by atoms with van der Waals surface area (Å²) in [4.78, 5) is 2.16. The van der Waals surface area contributed by atoms with Crippen LogP contribution in [0.25, 0.3) is 0 Å². The Labute approximate surface area is 165 Å². The van der Waals surface area contributed by atoms with E-state index in [-0.39, 0.29) is 21.8 Å². The first-order valence-electron chi connectivity index (χ1n) is 9.07. The van der Waals surface area contributed by atoms with Gasteiger partial charge < -0.3 is 20.1 Å². The largest absolute Gasteiger partial charge is 0.396 e. The first-order valence-corrected chi connectivity index (χ1v) is 10.6. The number of hydrogen-bond acceptors (Lipinski definition) is 6. The van der Waals surface area contributed by atoms with Gasteiger partial charge >= 0.3 is 0 Å². The lowest BCUT2D eigenvalue weighted by Crippen LogP contribution is -2.39. The average Bonchev–Trinajstić information content (AvgIpc) is 2.71. The van der Waals surface area contributed by atoms with Gasteiger partial charge in [-0.1, -0.05) is 6.07 Å². The molecule has 3 rings (SSSR count). The number of nitrogen functional groups attached to an aromatic ring is 1. The number of nitrogens with zero attached hydrogens (tertiary/aromatic N) is 1. The zero-order chi connectivity index (χ0) is 20.3. The number of nitrogens with two attached hydrogens (primary N) is 1. The molecule has 152 valence electrons. The third-order valence-electron chi connectivity index (χ3n) is 5.16. The van der Waals surface area contributed by atoms with Crippen molar-refractivity contribution in [2.45, 2.75) is 28.9 Å². The molecular formula is C20H25FN2O4S. The van der Waals surface area contributed by atoms with Crippen molar-refractivity contribution in [3.63, 3.8) is 0 Å². The number of benzene rings is 2. The van der Waals surface area contributed by atoms with E-state index in [4.69, 9.17) is 15.2 Å². The number of hydrogen-bond donors (Lipinski definition) is 1. The lowest BCUT2D eigenvalue weighted by atomic mass is 9.95. The minimum absolute atomic E-state index is 0.0824. The van der Waals surface area contributed by atoms with Gasteiger partial charge in [0.2, 0.25) is 9.84 Å². The second-order valence-electron chi connectivity index (χ2n) is 6.85. The summed E-state index contributed by atoms with van der Waals surface area (Å²) in [6.45, 7) is 1.54. The van der Waals surface area contributed by atoms with Crippen LogP contribution in [0.1, 0.15) is 12.8 Å². The molecule has 1 saturated heterocycles. The predicted octanol–water partition coefficient (Wildman–Crippen LogP) is 3.08. The molecule has 6 nitrogen and oxygen atoms in total. The number of piperidine rings is 1. The van der Waals surface area contributed by atoms with Crippen LogP contribution in [0.15, 0.2) is 52.3 Å². The standard InChI is InChI=1S/C20H25FN2O4S/c1-26-20(27-2)14-8-10-23(11-9-14)15-4-3-5-16(12-15)28(24,25)17-6-7-19(22)18(21)13-17/h3-7,12-14,20H,8-11,22H2,1-2H3. The molecule has 1 aliphatic rings. The summed E-state index contributed by atoms with van der Waals surface area (Å²) in [5.74, 6) is -0.443. The van der Waals surface area contributed by atoms with Crippen molar-refractivity contribution < 1.29 is 22.3 Å². The van der Waals surface area contributed by atoms with Crippen molar-refractivity contribution in [2.75, 3.05) is 37.9 Å². The fourth-order valence-electron chi connectivity index (χ4n) is 3.57. The molecule has 2 aromatic rings. The fraction of sp³-hybridized carbons (Fsp3) is 0.400. The van der Waals surface area contributed by atoms with Crippen LogP contribution < -0.4 is 10.6 Å². The summed E-state index contributed by atoms with van der Waals surface area (Å²) in [7, 11) is -0.566. The summed E-state index contributed by atoms with van der Waals surface area (Å²) >= 11 is 0. The fourth-order valence-corrected chi connectivity index (χ4v) is 4.88. The minimum atomic E-state index is -3.83. The van der Waals surface area contributed by atoms with Crippen molar-refractivity contribution in [3.8, 4) is 0 Å². The minimum Gasteiger partial charge on any atom is -0.396 e. The number of ether oxygens (including phenoxy) is 2. The van der Waals surface area contributed by atoms with E-state index in [9.17, 15) is 12.8 Å². The molecule has 0 radical (unpaired) electrons. The van der Waals surface area contributed by atoms with Gasteiger partial charge in [-0.3, -0.25) is 0 Å². The second-order valence-corrected chi connectivity index (χ2v) is 8.80. The van der Waals surface area contributed by atoms with Crippen molar-refractivity contribution >= 4 is 21.2 Å². The molecule has 0 spiro atoms. The lowest BCUT2D eigenvalue weighted by Gasteiger charge is -2.36. The van der Waals surface area contributed by atoms with Gasteiger partial charge in [0, 0.05) is 38.9 Å². The molecule has 2 N–H and O–H groups in total. The van der Waals surface area contributed by atoms with E-state index in [0.717, 1.165) is 37.7 Å². The van der Waals surface area contributed by atoms with Gasteiger partial charge in [-0.25, -0.2) is 12.8 Å². The Balaban J connectivity index is 1.80. The lowest BCUT2D eigenvalue weighted by molar-refractivity contribution is -0.141. The first kappa shape index (κ1) is 20.6. The topological polar surface area (TPSA) is 81.9 Å². The third kappa shape index (κ3) is 4.14. The maximum Gasteiger partial charge on any atom is 0.206 e. The first-order chi connectivity index (χ1) is 13.4. The van der Waals surface area contributed by atoms with Crippen molar-refractivity contribution in [1.29, 1.82) is 0 Å². The van der Waals surface area contributed by atoms with Gasteiger partial charge in [-0.05, 0) is 49.2 Å². The molecule has 0 saturated carbocycles. The summed E-state index contributed by atoms with van der Waals surface area (Å²) in [6, 6.07) is 10.3. The zero-order valence-corrected chi connectivity index (χ0v) is 16.8. The highest BCUT2D eigenvalue weighted by atomic mass is 32.2. The molecule has 1 heterocycles. The maximum atomic E-state index is 13.7. The molecule has 0 aromatic heterocycles. The van der Waals surface area contributed by atoms with Gasteiger partial charge in [0.15, 0.2) is 6.29 Å². The van der Waals surface area contributed by atoms with Crippen molar-refractivity contribution in [3.05, 3.63) is 48.3 Å². The van der Waals surface area contributed by atoms with E-state index < -0.39 is 15.7 Å². The normalized spacial score (nSPS) is 15.9. The SMILES string of the molecule is COC(OC)C1CCN(c2cccc(S(=O)(=O)c3ccc(N)c(F)c3)c2)CC1. The van der Waals surface area contributed by atoms with Crippen LogP contribution in [-0.4, -0.2) is 42.0 Å². The predicted molar refractivity (Wildman–Crippen MR) is 105 cm³/mol. The number of methoxy groups -OCH3 is 2. The third-order valence-corrected chi connectivity index (χ3v) is 6.91. The highest BCUT2D eigenvalue weighted by Crippen LogP contribution is 2.30. The molecule has 8 heteroatoms. The Morgan fingerprint density at radius 1 is 1.07 bits per heavy atom. The van der Waals surface area contributed by atoms with Crippen LogP contribution >= 0.6 is 0 Å². The molecule has 0 amide bonds. The Kier molecular flexibility index (Phi) is 6.22. The van der Waals surface area contributed by atoms with E-state index in [2.05, 4.69) is 4.90 Å². The van der Waals surface area contributed by atoms with Crippen LogP contribution in [0, 0.1) is 11.7 Å². The van der Waals surface area contributed by atoms with Gasteiger partial charge in [0.1, 0.15) is 5.82 Å². The van der Waals surface area contributed by atoms with Gasteiger partial charge in [0.05, 0.1) is 15.5 Å². The summed E-state index contributed by atoms with van der Waals surface area (Å²) in [5, 5.41) is 0. The summed E-state index contributed by atoms with van der Waals surface area (Å²) < 4.78 is 50.2. The van der Waals surface area contributed by atoms with Crippen molar-refractivity contribution in [2.24, 2.45) is 5.92 Å². The Bertz CT molecular complexity index is 924. The average molecular weight is 408 g/mol. The van der Waals surface area contributed by atoms with Gasteiger partial charge in [-0.2, -0.15) is 0 Å². The van der Waals surface area contributed by atoms with E-state index in [1.54, 1.807) is 26.4 Å². The molecule has 28 heavy (non-hydrogen) atoms. The van der Waals surface area contributed by atoms with Crippen LogP contribution in [0.5, 0.6) is 0 Å². The molecular weight excluding hydrogens is 383 g/mol. The monoisotopic (exact) mass is 408 g/mol. The van der Waals surface area contributed by atoms with E-state index >= 15 is 0 Å². The summed E-state index contributed by atoms with van der Waals surface area (Å²) in [6.07, 6.45) is 1.54. The molecule has 0 aliphatic carbocycles. The van der Waals surface area contributed by atoms with E-state index in [1.807, 2.05) is 6.07 Å². The molecule has 2 aromatic carbocycles. The summed E-state index contributed by atoms with van der Waals surface area (Å²) in [5.41, 5.74) is 6.19. The molecule has 0 bridgehead atoms. The Hall–Kier alpha value is -2.16. The Morgan fingerprint density at radius 3 is 2.32 bits per heavy atom. The maximum absolute atomic E-state index is 13.7. The molecule has 1 fully saturated rings. The molecule has 1 aliphatic heterocycles. The van der Waals surface area contributed by atoms with Crippen LogP contribution in [0.4, 0.5) is 15.8 Å². The Morgan fingerprint density at radius 2 is 1.71 bits per heavy atom. The number of rotatable bonds is 6. The smallest absolute Gasteiger partial charge is 0.206 e. The van der Waals surface area contributed by atoms with Gasteiger partial charge in [-0.15, -0.1) is 0 Å². The second kappa shape index (κ2) is 8.46. The molecule has 0 unspecified atom stereocenters.